The standard InChI is InChI=1S/C17H18F3NO3/c1-21-16-13(10-5-4-6-11(9-10)17(18,19)20)14(22)15(24-16)12-7-2-3-8-23-12/h4-6,9,12,21-22H,2-3,7-8H2,1H3. The zero-order valence-electron chi connectivity index (χ0n) is 13.1. The van der Waals surface area contributed by atoms with Gasteiger partial charge in [0, 0.05) is 13.7 Å². The van der Waals surface area contributed by atoms with Crippen LogP contribution in [0.15, 0.2) is 28.7 Å². The fraction of sp³-hybridized carbons (Fsp3) is 0.412. The second-order valence-electron chi connectivity index (χ2n) is 5.70. The number of aromatic hydroxyl groups is 1. The van der Waals surface area contributed by atoms with Crippen molar-refractivity contribution in [1.82, 2.24) is 0 Å². The number of benzene rings is 1. The molecule has 1 fully saturated rings. The van der Waals surface area contributed by atoms with Crippen molar-refractivity contribution in [3.63, 3.8) is 0 Å². The summed E-state index contributed by atoms with van der Waals surface area (Å²) in [5, 5.41) is 13.3. The highest BCUT2D eigenvalue weighted by Crippen LogP contribution is 2.47. The Morgan fingerprint density at radius 3 is 2.67 bits per heavy atom. The van der Waals surface area contributed by atoms with Crippen molar-refractivity contribution >= 4 is 5.88 Å². The number of halogens is 3. The summed E-state index contributed by atoms with van der Waals surface area (Å²) in [6.07, 6.45) is -2.25. The van der Waals surface area contributed by atoms with E-state index in [-0.39, 0.29) is 34.6 Å². The van der Waals surface area contributed by atoms with Crippen LogP contribution in [0.1, 0.15) is 36.7 Å². The van der Waals surface area contributed by atoms with Crippen LogP contribution in [0.3, 0.4) is 0 Å². The molecule has 0 amide bonds. The molecule has 1 aromatic carbocycles. The molecule has 1 aliphatic rings. The lowest BCUT2D eigenvalue weighted by molar-refractivity contribution is -0.137. The molecule has 0 aliphatic carbocycles. The molecule has 0 saturated carbocycles. The molecule has 130 valence electrons. The van der Waals surface area contributed by atoms with Gasteiger partial charge in [-0.3, -0.25) is 0 Å². The smallest absolute Gasteiger partial charge is 0.416 e. The van der Waals surface area contributed by atoms with E-state index < -0.39 is 11.7 Å². The minimum absolute atomic E-state index is 0.175. The molecule has 7 heteroatoms. The Hall–Kier alpha value is -2.15. The van der Waals surface area contributed by atoms with E-state index in [1.807, 2.05) is 0 Å². The van der Waals surface area contributed by atoms with Gasteiger partial charge in [-0.1, -0.05) is 12.1 Å². The zero-order valence-corrected chi connectivity index (χ0v) is 13.1. The van der Waals surface area contributed by atoms with E-state index in [9.17, 15) is 18.3 Å². The van der Waals surface area contributed by atoms with Crippen LogP contribution in [0, 0.1) is 0 Å². The summed E-state index contributed by atoms with van der Waals surface area (Å²) in [5.41, 5.74) is -0.330. The van der Waals surface area contributed by atoms with Crippen LogP contribution < -0.4 is 5.32 Å². The first-order valence-corrected chi connectivity index (χ1v) is 7.74. The molecule has 1 saturated heterocycles. The van der Waals surface area contributed by atoms with E-state index in [4.69, 9.17) is 9.15 Å². The Morgan fingerprint density at radius 2 is 2.04 bits per heavy atom. The maximum Gasteiger partial charge on any atom is 0.416 e. The van der Waals surface area contributed by atoms with Gasteiger partial charge in [0.15, 0.2) is 11.5 Å². The number of anilines is 1. The normalized spacial score (nSPS) is 18.6. The van der Waals surface area contributed by atoms with Crippen LogP contribution in [-0.4, -0.2) is 18.8 Å². The molecule has 0 spiro atoms. The number of nitrogens with one attached hydrogen (secondary N) is 1. The largest absolute Gasteiger partial charge is 0.504 e. The summed E-state index contributed by atoms with van der Waals surface area (Å²) in [5.74, 6) is 0.299. The number of ether oxygens (including phenoxy) is 1. The fourth-order valence-electron chi connectivity index (χ4n) is 2.90. The molecule has 1 aliphatic heterocycles. The van der Waals surface area contributed by atoms with E-state index in [1.54, 1.807) is 7.05 Å². The molecule has 0 bridgehead atoms. The van der Waals surface area contributed by atoms with E-state index in [0.717, 1.165) is 25.0 Å². The SMILES string of the molecule is CNc1oc(C2CCCCO2)c(O)c1-c1cccc(C(F)(F)F)c1. The molecular formula is C17H18F3NO3. The first-order valence-electron chi connectivity index (χ1n) is 7.74. The molecule has 2 heterocycles. The monoisotopic (exact) mass is 341 g/mol. The highest BCUT2D eigenvalue weighted by Gasteiger charge is 2.32. The first-order chi connectivity index (χ1) is 11.4. The van der Waals surface area contributed by atoms with Gasteiger partial charge in [0.25, 0.3) is 0 Å². The van der Waals surface area contributed by atoms with Crippen molar-refractivity contribution in [2.75, 3.05) is 19.0 Å². The molecule has 1 aromatic heterocycles. The molecule has 2 N–H and O–H groups in total. The third-order valence-corrected chi connectivity index (χ3v) is 4.09. The molecule has 1 atom stereocenters. The Bertz CT molecular complexity index is 718. The number of furan rings is 1. The Balaban J connectivity index is 2.06. The Kier molecular flexibility index (Phi) is 4.45. The number of hydrogen-bond acceptors (Lipinski definition) is 4. The summed E-state index contributed by atoms with van der Waals surface area (Å²) < 4.78 is 50.1. The predicted molar refractivity (Wildman–Crippen MR) is 82.9 cm³/mol. The van der Waals surface area contributed by atoms with Gasteiger partial charge in [-0.15, -0.1) is 0 Å². The van der Waals surface area contributed by atoms with Crippen LogP contribution in [0.25, 0.3) is 11.1 Å². The lowest BCUT2D eigenvalue weighted by Gasteiger charge is -2.20. The van der Waals surface area contributed by atoms with E-state index in [0.29, 0.717) is 13.0 Å². The van der Waals surface area contributed by atoms with Crippen LogP contribution in [0.5, 0.6) is 5.75 Å². The summed E-state index contributed by atoms with van der Waals surface area (Å²) in [4.78, 5) is 0. The second kappa shape index (κ2) is 6.39. The Morgan fingerprint density at radius 1 is 1.25 bits per heavy atom. The quantitative estimate of drug-likeness (QED) is 0.829. The molecule has 3 rings (SSSR count). The van der Waals surface area contributed by atoms with Gasteiger partial charge in [0.1, 0.15) is 6.10 Å². The van der Waals surface area contributed by atoms with Gasteiger partial charge in [0.05, 0.1) is 11.1 Å². The summed E-state index contributed by atoms with van der Waals surface area (Å²) >= 11 is 0. The average Bonchev–Trinajstić information content (AvgIpc) is 2.91. The molecular weight excluding hydrogens is 323 g/mol. The van der Waals surface area contributed by atoms with Gasteiger partial charge < -0.3 is 19.6 Å². The van der Waals surface area contributed by atoms with Crippen LogP contribution in [0.4, 0.5) is 19.1 Å². The van der Waals surface area contributed by atoms with E-state index >= 15 is 0 Å². The van der Waals surface area contributed by atoms with Gasteiger partial charge in [0.2, 0.25) is 5.88 Å². The van der Waals surface area contributed by atoms with Crippen molar-refractivity contribution in [3.8, 4) is 16.9 Å². The van der Waals surface area contributed by atoms with Gasteiger partial charge >= 0.3 is 6.18 Å². The van der Waals surface area contributed by atoms with Gasteiger partial charge in [-0.05, 0) is 37.0 Å². The molecule has 0 radical (unpaired) electrons. The highest BCUT2D eigenvalue weighted by atomic mass is 19.4. The van der Waals surface area contributed by atoms with Crippen LogP contribution in [-0.2, 0) is 10.9 Å². The minimum Gasteiger partial charge on any atom is -0.504 e. The van der Waals surface area contributed by atoms with Crippen molar-refractivity contribution in [1.29, 1.82) is 0 Å². The maximum atomic E-state index is 12.9. The first kappa shape index (κ1) is 16.7. The lowest BCUT2D eigenvalue weighted by atomic mass is 10.0. The predicted octanol–water partition coefficient (Wildman–Crippen LogP) is 4.95. The Labute approximate surface area is 137 Å². The molecule has 2 aromatic rings. The zero-order chi connectivity index (χ0) is 17.3. The average molecular weight is 341 g/mol. The van der Waals surface area contributed by atoms with Crippen LogP contribution in [0.2, 0.25) is 0 Å². The topological polar surface area (TPSA) is 54.6 Å². The van der Waals surface area contributed by atoms with Crippen LogP contribution >= 0.6 is 0 Å². The number of alkyl halides is 3. The highest BCUT2D eigenvalue weighted by molar-refractivity contribution is 5.81. The summed E-state index contributed by atoms with van der Waals surface area (Å²) in [7, 11) is 1.58. The van der Waals surface area contributed by atoms with E-state index in [2.05, 4.69) is 5.32 Å². The third kappa shape index (κ3) is 3.08. The van der Waals surface area contributed by atoms with Crippen molar-refractivity contribution in [3.05, 3.63) is 35.6 Å². The van der Waals surface area contributed by atoms with Crippen molar-refractivity contribution in [2.45, 2.75) is 31.5 Å². The molecule has 24 heavy (non-hydrogen) atoms. The number of rotatable bonds is 3. The lowest BCUT2D eigenvalue weighted by Crippen LogP contribution is -2.10. The van der Waals surface area contributed by atoms with Crippen molar-refractivity contribution < 1.29 is 27.4 Å². The molecule has 1 unspecified atom stereocenters. The van der Waals surface area contributed by atoms with Gasteiger partial charge in [-0.25, -0.2) is 0 Å². The second-order valence-corrected chi connectivity index (χ2v) is 5.70. The minimum atomic E-state index is -4.45. The third-order valence-electron chi connectivity index (χ3n) is 4.09. The van der Waals surface area contributed by atoms with Gasteiger partial charge in [-0.2, -0.15) is 13.2 Å². The van der Waals surface area contributed by atoms with E-state index in [1.165, 1.54) is 12.1 Å². The summed E-state index contributed by atoms with van der Waals surface area (Å²) in [6, 6.07) is 4.80. The van der Waals surface area contributed by atoms with Crippen molar-refractivity contribution in [2.24, 2.45) is 0 Å². The number of hydrogen-bond donors (Lipinski definition) is 2. The molecule has 4 nitrogen and oxygen atoms in total. The maximum absolute atomic E-state index is 12.9. The fourth-order valence-corrected chi connectivity index (χ4v) is 2.90. The summed E-state index contributed by atoms with van der Waals surface area (Å²) in [6.45, 7) is 0.568.